The number of carbonyl (C=O) groups is 2. The molecule has 0 saturated heterocycles. The molecule has 6 nitrogen and oxygen atoms in total. The second-order valence-electron chi connectivity index (χ2n) is 5.15. The van der Waals surface area contributed by atoms with E-state index in [9.17, 15) is 9.59 Å². The van der Waals surface area contributed by atoms with Gasteiger partial charge in [0.1, 0.15) is 6.61 Å². The molecular formula is C18H15N3O3. The molecule has 6 heteroatoms. The molecule has 0 radical (unpaired) electrons. The zero-order valence-corrected chi connectivity index (χ0v) is 13.0. The molecule has 0 aliphatic rings. The highest BCUT2D eigenvalue weighted by Gasteiger charge is 2.20. The second kappa shape index (κ2) is 6.87. The van der Waals surface area contributed by atoms with Crippen LogP contribution in [0.2, 0.25) is 0 Å². The van der Waals surface area contributed by atoms with Crippen LogP contribution in [0, 0.1) is 0 Å². The Labute approximate surface area is 138 Å². The molecule has 0 bridgehead atoms. The van der Waals surface area contributed by atoms with Crippen LogP contribution in [-0.2, 0) is 9.53 Å². The van der Waals surface area contributed by atoms with Crippen LogP contribution in [0.15, 0.2) is 60.7 Å². The monoisotopic (exact) mass is 321 g/mol. The summed E-state index contributed by atoms with van der Waals surface area (Å²) >= 11 is 0. The number of Topliss-reactive ketones (excluding diaryl/α,β-unsaturated/α-hetero) is 1. The number of hydrogen-bond donors (Lipinski definition) is 0. The lowest BCUT2D eigenvalue weighted by Crippen LogP contribution is -2.13. The summed E-state index contributed by atoms with van der Waals surface area (Å²) in [7, 11) is 0. The van der Waals surface area contributed by atoms with E-state index in [-0.39, 0.29) is 18.2 Å². The summed E-state index contributed by atoms with van der Waals surface area (Å²) in [6, 6.07) is 18.8. The molecular weight excluding hydrogens is 306 g/mol. The molecule has 120 valence electrons. The van der Waals surface area contributed by atoms with Gasteiger partial charge in [-0.1, -0.05) is 48.5 Å². The molecule has 0 saturated carbocycles. The Morgan fingerprint density at radius 3 is 2.25 bits per heavy atom. The quantitative estimate of drug-likeness (QED) is 0.675. The van der Waals surface area contributed by atoms with E-state index in [2.05, 4.69) is 10.1 Å². The third-order valence-corrected chi connectivity index (χ3v) is 3.23. The molecule has 0 amide bonds. The normalized spacial score (nSPS) is 10.4. The number of carbonyl (C=O) groups excluding carboxylic acids is 2. The fourth-order valence-electron chi connectivity index (χ4n) is 2.15. The standard InChI is InChI=1S/C18H15N3O3/c1-13(22)12-24-18(23)16-19-17(14-8-4-2-5-9-14)21(20-16)15-10-6-3-7-11-15/h2-11H,12H2,1H3. The first-order chi connectivity index (χ1) is 11.6. The molecule has 1 aromatic heterocycles. The molecule has 2 aromatic carbocycles. The Kier molecular flexibility index (Phi) is 4.47. The van der Waals surface area contributed by atoms with Crippen LogP contribution in [0.4, 0.5) is 0 Å². The van der Waals surface area contributed by atoms with E-state index in [0.717, 1.165) is 11.3 Å². The first kappa shape index (κ1) is 15.6. The van der Waals surface area contributed by atoms with Crippen LogP contribution in [0.1, 0.15) is 17.5 Å². The molecule has 0 fully saturated rings. The molecule has 0 spiro atoms. The zero-order chi connectivity index (χ0) is 16.9. The highest BCUT2D eigenvalue weighted by molar-refractivity contribution is 5.88. The van der Waals surface area contributed by atoms with Gasteiger partial charge in [0.15, 0.2) is 11.6 Å². The van der Waals surface area contributed by atoms with E-state index in [1.165, 1.54) is 6.92 Å². The fraction of sp³-hybridized carbons (Fsp3) is 0.111. The first-order valence-electron chi connectivity index (χ1n) is 7.39. The number of nitrogens with zero attached hydrogens (tertiary/aromatic N) is 3. The molecule has 24 heavy (non-hydrogen) atoms. The summed E-state index contributed by atoms with van der Waals surface area (Å²) in [6.45, 7) is 1.05. The highest BCUT2D eigenvalue weighted by atomic mass is 16.5. The maximum absolute atomic E-state index is 12.1. The molecule has 1 heterocycles. The van der Waals surface area contributed by atoms with Crippen molar-refractivity contribution in [1.29, 1.82) is 0 Å². The summed E-state index contributed by atoms with van der Waals surface area (Å²) in [5.41, 5.74) is 1.59. The highest BCUT2D eigenvalue weighted by Crippen LogP contribution is 2.21. The van der Waals surface area contributed by atoms with Crippen molar-refractivity contribution in [2.75, 3.05) is 6.61 Å². The summed E-state index contributed by atoms with van der Waals surface area (Å²) in [4.78, 5) is 27.3. The van der Waals surface area contributed by atoms with Crippen molar-refractivity contribution >= 4 is 11.8 Å². The van der Waals surface area contributed by atoms with Crippen LogP contribution in [0.5, 0.6) is 0 Å². The molecule has 0 aliphatic carbocycles. The van der Waals surface area contributed by atoms with Crippen molar-refractivity contribution in [3.05, 3.63) is 66.5 Å². The summed E-state index contributed by atoms with van der Waals surface area (Å²) in [5, 5.41) is 4.25. The number of rotatable bonds is 5. The van der Waals surface area contributed by atoms with E-state index in [0.29, 0.717) is 5.82 Å². The fourth-order valence-corrected chi connectivity index (χ4v) is 2.15. The molecule has 0 N–H and O–H groups in total. The Morgan fingerprint density at radius 1 is 1.00 bits per heavy atom. The maximum Gasteiger partial charge on any atom is 0.378 e. The molecule has 0 aliphatic heterocycles. The van der Waals surface area contributed by atoms with Crippen molar-refractivity contribution in [2.24, 2.45) is 0 Å². The molecule has 0 unspecified atom stereocenters. The van der Waals surface area contributed by atoms with Gasteiger partial charge in [-0.05, 0) is 19.1 Å². The van der Waals surface area contributed by atoms with Crippen LogP contribution >= 0.6 is 0 Å². The zero-order valence-electron chi connectivity index (χ0n) is 13.0. The number of esters is 1. The number of benzene rings is 2. The average molecular weight is 321 g/mol. The van der Waals surface area contributed by atoms with Gasteiger partial charge in [0.25, 0.3) is 5.82 Å². The van der Waals surface area contributed by atoms with Crippen molar-refractivity contribution in [3.63, 3.8) is 0 Å². The van der Waals surface area contributed by atoms with Gasteiger partial charge in [-0.3, -0.25) is 4.79 Å². The largest absolute Gasteiger partial charge is 0.452 e. The van der Waals surface area contributed by atoms with Crippen LogP contribution in [0.25, 0.3) is 17.1 Å². The number of hydrogen-bond acceptors (Lipinski definition) is 5. The summed E-state index contributed by atoms with van der Waals surface area (Å²) < 4.78 is 6.49. The lowest BCUT2D eigenvalue weighted by atomic mass is 10.2. The predicted octanol–water partition coefficient (Wildman–Crippen LogP) is 2.68. The minimum Gasteiger partial charge on any atom is -0.452 e. The van der Waals surface area contributed by atoms with Gasteiger partial charge < -0.3 is 4.74 Å². The summed E-state index contributed by atoms with van der Waals surface area (Å²) in [6.07, 6.45) is 0. The van der Waals surface area contributed by atoms with Crippen molar-refractivity contribution < 1.29 is 14.3 Å². The first-order valence-corrected chi connectivity index (χ1v) is 7.39. The van der Waals surface area contributed by atoms with Crippen LogP contribution in [-0.4, -0.2) is 33.1 Å². The van der Waals surface area contributed by atoms with Gasteiger partial charge >= 0.3 is 5.97 Å². The van der Waals surface area contributed by atoms with Crippen molar-refractivity contribution in [3.8, 4) is 17.1 Å². The van der Waals surface area contributed by atoms with Gasteiger partial charge in [0, 0.05) is 5.56 Å². The second-order valence-corrected chi connectivity index (χ2v) is 5.15. The molecule has 3 rings (SSSR count). The van der Waals surface area contributed by atoms with E-state index >= 15 is 0 Å². The third-order valence-electron chi connectivity index (χ3n) is 3.23. The van der Waals surface area contributed by atoms with E-state index in [4.69, 9.17) is 4.74 Å². The van der Waals surface area contributed by atoms with Gasteiger partial charge in [0.2, 0.25) is 0 Å². The van der Waals surface area contributed by atoms with Gasteiger partial charge in [0.05, 0.1) is 5.69 Å². The Hall–Kier alpha value is -3.28. The minimum atomic E-state index is -0.725. The number of ketones is 1. The van der Waals surface area contributed by atoms with Crippen molar-refractivity contribution in [1.82, 2.24) is 14.8 Å². The molecule has 3 aromatic rings. The lowest BCUT2D eigenvalue weighted by molar-refractivity contribution is -0.120. The Bertz CT molecular complexity index is 801. The summed E-state index contributed by atoms with van der Waals surface area (Å²) in [5.74, 6) is -0.526. The molecule has 0 atom stereocenters. The van der Waals surface area contributed by atoms with Crippen LogP contribution < -0.4 is 0 Å². The van der Waals surface area contributed by atoms with Gasteiger partial charge in [-0.25, -0.2) is 14.5 Å². The van der Waals surface area contributed by atoms with Gasteiger partial charge in [-0.2, -0.15) is 0 Å². The van der Waals surface area contributed by atoms with Crippen molar-refractivity contribution in [2.45, 2.75) is 6.92 Å². The van der Waals surface area contributed by atoms with Crippen LogP contribution in [0.3, 0.4) is 0 Å². The average Bonchev–Trinajstić information content (AvgIpc) is 3.06. The maximum atomic E-state index is 12.1. The number of para-hydroxylation sites is 1. The predicted molar refractivity (Wildman–Crippen MR) is 87.8 cm³/mol. The van der Waals surface area contributed by atoms with Gasteiger partial charge in [-0.15, -0.1) is 5.10 Å². The SMILES string of the molecule is CC(=O)COC(=O)c1nc(-c2ccccc2)n(-c2ccccc2)n1. The van der Waals surface area contributed by atoms with E-state index in [1.54, 1.807) is 4.68 Å². The van der Waals surface area contributed by atoms with E-state index in [1.807, 2.05) is 60.7 Å². The number of ether oxygens (including phenoxy) is 1. The topological polar surface area (TPSA) is 74.1 Å². The van der Waals surface area contributed by atoms with E-state index < -0.39 is 5.97 Å². The Balaban J connectivity index is 2.03. The number of aromatic nitrogens is 3. The minimum absolute atomic E-state index is 0.0843. The smallest absolute Gasteiger partial charge is 0.378 e. The lowest BCUT2D eigenvalue weighted by Gasteiger charge is -2.05. The Morgan fingerprint density at radius 2 is 1.62 bits per heavy atom. The third kappa shape index (κ3) is 3.38.